The summed E-state index contributed by atoms with van der Waals surface area (Å²) in [6, 6.07) is 3.91. The summed E-state index contributed by atoms with van der Waals surface area (Å²) < 4.78 is 0. The average Bonchev–Trinajstić information content (AvgIpc) is 2.87. The molecule has 0 aromatic carbocycles. The molecule has 0 amide bonds. The summed E-state index contributed by atoms with van der Waals surface area (Å²) in [4.78, 5) is 12.9. The van der Waals surface area contributed by atoms with Crippen LogP contribution in [0, 0.1) is 0 Å². The summed E-state index contributed by atoms with van der Waals surface area (Å²) in [5.74, 6) is 0.165. The Labute approximate surface area is 91.0 Å². The van der Waals surface area contributed by atoms with Crippen LogP contribution in [0.1, 0.15) is 27.7 Å². The molecule has 0 spiro atoms. The molecule has 2 heterocycles. The zero-order valence-electron chi connectivity index (χ0n) is 7.82. The summed E-state index contributed by atoms with van der Waals surface area (Å²) >= 11 is 3.10. The maximum absolute atomic E-state index is 12.0. The Balaban J connectivity index is 2.36. The van der Waals surface area contributed by atoms with Gasteiger partial charge in [-0.05, 0) is 34.9 Å². The van der Waals surface area contributed by atoms with Gasteiger partial charge in [0.05, 0.1) is 4.88 Å². The molecule has 0 fully saturated rings. The van der Waals surface area contributed by atoms with Crippen LogP contribution in [0.3, 0.4) is 0 Å². The lowest BCUT2D eigenvalue weighted by atomic mass is 10.1. The summed E-state index contributed by atoms with van der Waals surface area (Å²) in [6.07, 6.45) is 0.925. The van der Waals surface area contributed by atoms with Gasteiger partial charge in [0, 0.05) is 10.9 Å². The number of thiophene rings is 2. The number of carbonyl (C=O) groups is 1. The molecule has 0 unspecified atom stereocenters. The van der Waals surface area contributed by atoms with Crippen molar-refractivity contribution in [1.29, 1.82) is 0 Å². The molecule has 0 bridgehead atoms. The molecular weight excluding hydrogens is 212 g/mol. The zero-order chi connectivity index (χ0) is 9.97. The molecule has 0 atom stereocenters. The Hall–Kier alpha value is -0.930. The second-order valence-corrected chi connectivity index (χ2v) is 4.67. The third kappa shape index (κ3) is 1.65. The van der Waals surface area contributed by atoms with Crippen LogP contribution in [0.2, 0.25) is 0 Å². The third-order valence-electron chi connectivity index (χ3n) is 2.12. The van der Waals surface area contributed by atoms with Crippen LogP contribution in [-0.2, 0) is 6.42 Å². The predicted molar refractivity (Wildman–Crippen MR) is 61.4 cm³/mol. The zero-order valence-corrected chi connectivity index (χ0v) is 9.45. The largest absolute Gasteiger partial charge is 0.288 e. The smallest absolute Gasteiger partial charge is 0.204 e. The van der Waals surface area contributed by atoms with Crippen LogP contribution in [0.4, 0.5) is 0 Å². The van der Waals surface area contributed by atoms with Crippen molar-refractivity contribution in [3.8, 4) is 0 Å². The molecule has 1 nitrogen and oxygen atoms in total. The van der Waals surface area contributed by atoms with Crippen molar-refractivity contribution in [3.63, 3.8) is 0 Å². The van der Waals surface area contributed by atoms with Crippen molar-refractivity contribution in [3.05, 3.63) is 44.3 Å². The van der Waals surface area contributed by atoms with E-state index in [1.807, 2.05) is 28.3 Å². The van der Waals surface area contributed by atoms with Crippen LogP contribution >= 0.6 is 22.7 Å². The maximum atomic E-state index is 12.0. The van der Waals surface area contributed by atoms with Gasteiger partial charge in [-0.1, -0.05) is 6.92 Å². The molecule has 0 saturated heterocycles. The molecule has 14 heavy (non-hydrogen) atoms. The first-order valence-corrected chi connectivity index (χ1v) is 6.28. The average molecular weight is 222 g/mol. The van der Waals surface area contributed by atoms with E-state index in [0.29, 0.717) is 0 Å². The van der Waals surface area contributed by atoms with Gasteiger partial charge in [-0.15, -0.1) is 11.3 Å². The third-order valence-corrected chi connectivity index (χ3v) is 3.76. The van der Waals surface area contributed by atoms with E-state index in [2.05, 4.69) is 6.92 Å². The highest BCUT2D eigenvalue weighted by atomic mass is 32.1. The Morgan fingerprint density at radius 3 is 2.86 bits per heavy atom. The van der Waals surface area contributed by atoms with Gasteiger partial charge < -0.3 is 0 Å². The van der Waals surface area contributed by atoms with Gasteiger partial charge in [-0.25, -0.2) is 0 Å². The SMILES string of the molecule is CCc1ccsc1C(=O)c1ccsc1. The van der Waals surface area contributed by atoms with Gasteiger partial charge in [0.25, 0.3) is 0 Å². The first kappa shape index (κ1) is 9.62. The number of rotatable bonds is 3. The fraction of sp³-hybridized carbons (Fsp3) is 0.182. The Morgan fingerprint density at radius 2 is 2.21 bits per heavy atom. The molecule has 3 heteroatoms. The quantitative estimate of drug-likeness (QED) is 0.725. The van der Waals surface area contributed by atoms with Crippen molar-refractivity contribution >= 4 is 28.5 Å². The minimum absolute atomic E-state index is 0.165. The topological polar surface area (TPSA) is 17.1 Å². The van der Waals surface area contributed by atoms with E-state index >= 15 is 0 Å². The van der Waals surface area contributed by atoms with E-state index in [4.69, 9.17) is 0 Å². The van der Waals surface area contributed by atoms with Gasteiger partial charge >= 0.3 is 0 Å². The second kappa shape index (κ2) is 4.07. The van der Waals surface area contributed by atoms with Crippen LogP contribution in [0.25, 0.3) is 0 Å². The molecule has 0 aliphatic carbocycles. The van der Waals surface area contributed by atoms with Crippen LogP contribution in [0.15, 0.2) is 28.3 Å². The molecule has 2 aromatic heterocycles. The minimum atomic E-state index is 0.165. The van der Waals surface area contributed by atoms with E-state index < -0.39 is 0 Å². The standard InChI is InChI=1S/C11H10OS2/c1-2-8-4-6-14-11(8)10(12)9-3-5-13-7-9/h3-7H,2H2,1H3. The molecule has 0 saturated carbocycles. The lowest BCUT2D eigenvalue weighted by Crippen LogP contribution is -1.99. The van der Waals surface area contributed by atoms with Gasteiger partial charge in [-0.3, -0.25) is 4.79 Å². The minimum Gasteiger partial charge on any atom is -0.288 e. The van der Waals surface area contributed by atoms with Crippen molar-refractivity contribution in [1.82, 2.24) is 0 Å². The first-order chi connectivity index (χ1) is 6.83. The summed E-state index contributed by atoms with van der Waals surface area (Å²) in [5.41, 5.74) is 1.97. The maximum Gasteiger partial charge on any atom is 0.204 e. The Bertz CT molecular complexity index is 426. The Kier molecular flexibility index (Phi) is 2.79. The van der Waals surface area contributed by atoms with Crippen molar-refractivity contribution in [2.45, 2.75) is 13.3 Å². The monoisotopic (exact) mass is 222 g/mol. The predicted octanol–water partition coefficient (Wildman–Crippen LogP) is 3.60. The highest BCUT2D eigenvalue weighted by molar-refractivity contribution is 7.12. The number of hydrogen-bond acceptors (Lipinski definition) is 3. The highest BCUT2D eigenvalue weighted by Crippen LogP contribution is 2.22. The molecule has 72 valence electrons. The number of hydrogen-bond donors (Lipinski definition) is 0. The summed E-state index contributed by atoms with van der Waals surface area (Å²) in [6.45, 7) is 2.08. The molecule has 0 N–H and O–H groups in total. The molecule has 0 radical (unpaired) electrons. The van der Waals surface area contributed by atoms with Crippen LogP contribution in [-0.4, -0.2) is 5.78 Å². The van der Waals surface area contributed by atoms with E-state index in [1.54, 1.807) is 11.3 Å². The fourth-order valence-electron chi connectivity index (χ4n) is 1.34. The fourth-order valence-corrected chi connectivity index (χ4v) is 2.93. The van der Waals surface area contributed by atoms with Crippen LogP contribution < -0.4 is 0 Å². The number of carbonyl (C=O) groups excluding carboxylic acids is 1. The Morgan fingerprint density at radius 1 is 1.36 bits per heavy atom. The molecule has 0 aliphatic heterocycles. The van der Waals surface area contributed by atoms with Gasteiger partial charge in [0.2, 0.25) is 5.78 Å². The van der Waals surface area contributed by atoms with Crippen molar-refractivity contribution < 1.29 is 4.79 Å². The first-order valence-electron chi connectivity index (χ1n) is 4.46. The van der Waals surface area contributed by atoms with E-state index in [9.17, 15) is 4.79 Å². The molecule has 2 aromatic rings. The van der Waals surface area contributed by atoms with Crippen molar-refractivity contribution in [2.24, 2.45) is 0 Å². The van der Waals surface area contributed by atoms with Gasteiger partial charge in [0.15, 0.2) is 0 Å². The number of aryl methyl sites for hydroxylation is 1. The van der Waals surface area contributed by atoms with E-state index in [1.165, 1.54) is 11.3 Å². The second-order valence-electron chi connectivity index (χ2n) is 2.97. The summed E-state index contributed by atoms with van der Waals surface area (Å²) in [7, 11) is 0. The molecule has 0 aliphatic rings. The molecule has 2 rings (SSSR count). The van der Waals surface area contributed by atoms with E-state index in [-0.39, 0.29) is 5.78 Å². The van der Waals surface area contributed by atoms with Gasteiger partial charge in [-0.2, -0.15) is 11.3 Å². The summed E-state index contributed by atoms with van der Waals surface area (Å²) in [5, 5.41) is 5.83. The lowest BCUT2D eigenvalue weighted by molar-refractivity contribution is 0.104. The number of ketones is 1. The lowest BCUT2D eigenvalue weighted by Gasteiger charge is -1.97. The van der Waals surface area contributed by atoms with Crippen molar-refractivity contribution in [2.75, 3.05) is 0 Å². The molecular formula is C11H10OS2. The van der Waals surface area contributed by atoms with Gasteiger partial charge in [0.1, 0.15) is 0 Å². The van der Waals surface area contributed by atoms with E-state index in [0.717, 1.165) is 22.4 Å². The highest BCUT2D eigenvalue weighted by Gasteiger charge is 2.14. The normalized spacial score (nSPS) is 10.4. The van der Waals surface area contributed by atoms with Crippen LogP contribution in [0.5, 0.6) is 0 Å².